The molecule has 2 aromatic rings. The van der Waals surface area contributed by atoms with Crippen LogP contribution >= 0.6 is 23.4 Å². The number of halogens is 3. The average Bonchev–Trinajstić information content (AvgIpc) is 2.50. The van der Waals surface area contributed by atoms with Crippen LogP contribution in [0.15, 0.2) is 47.4 Å². The van der Waals surface area contributed by atoms with Gasteiger partial charge < -0.3 is 10.1 Å². The Hall–Kier alpha value is -1.79. The van der Waals surface area contributed by atoms with Crippen LogP contribution in [0.2, 0.25) is 5.02 Å². The van der Waals surface area contributed by atoms with Crippen LogP contribution in [0.3, 0.4) is 0 Å². The van der Waals surface area contributed by atoms with E-state index in [1.807, 2.05) is 19.1 Å². The molecular formula is C16H14ClF2NO2S. The number of benzene rings is 2. The van der Waals surface area contributed by atoms with Crippen LogP contribution in [0.4, 0.5) is 14.5 Å². The van der Waals surface area contributed by atoms with Gasteiger partial charge in [-0.2, -0.15) is 8.78 Å². The Balaban J connectivity index is 2.16. The van der Waals surface area contributed by atoms with Crippen LogP contribution in [-0.4, -0.2) is 18.3 Å². The Labute approximate surface area is 142 Å². The number of thioether (sulfide) groups is 1. The molecule has 1 N–H and O–H groups in total. The van der Waals surface area contributed by atoms with Gasteiger partial charge >= 0.3 is 6.61 Å². The second-order valence-corrected chi connectivity index (χ2v) is 6.12. The average molecular weight is 358 g/mol. The van der Waals surface area contributed by atoms with Crippen LogP contribution in [0.5, 0.6) is 5.75 Å². The fourth-order valence-corrected chi connectivity index (χ4v) is 2.93. The van der Waals surface area contributed by atoms with E-state index in [0.717, 1.165) is 10.6 Å². The number of nitrogens with one attached hydrogen (secondary N) is 1. The molecule has 0 heterocycles. The molecule has 0 aromatic heterocycles. The van der Waals surface area contributed by atoms with Crippen LogP contribution in [0, 0.1) is 0 Å². The van der Waals surface area contributed by atoms with Gasteiger partial charge in [0.1, 0.15) is 5.75 Å². The van der Waals surface area contributed by atoms with Crippen LogP contribution in [0.1, 0.15) is 17.3 Å². The van der Waals surface area contributed by atoms with E-state index in [1.54, 1.807) is 23.9 Å². The maximum atomic E-state index is 12.4. The molecule has 0 unspecified atom stereocenters. The number of carbonyl (C=O) groups is 1. The van der Waals surface area contributed by atoms with Crippen molar-refractivity contribution in [2.24, 2.45) is 0 Å². The predicted molar refractivity (Wildman–Crippen MR) is 88.9 cm³/mol. The Morgan fingerprint density at radius 1 is 1.30 bits per heavy atom. The summed E-state index contributed by atoms with van der Waals surface area (Å²) < 4.78 is 28.7. The first-order valence-corrected chi connectivity index (χ1v) is 8.15. The molecule has 0 fully saturated rings. The van der Waals surface area contributed by atoms with Crippen molar-refractivity contribution in [3.8, 4) is 5.75 Å². The summed E-state index contributed by atoms with van der Waals surface area (Å²) in [5.41, 5.74) is 0.946. The lowest BCUT2D eigenvalue weighted by atomic mass is 10.2. The number of alkyl halides is 2. The van der Waals surface area contributed by atoms with Crippen LogP contribution in [-0.2, 0) is 0 Å². The lowest BCUT2D eigenvalue weighted by molar-refractivity contribution is -0.0497. The highest BCUT2D eigenvalue weighted by Crippen LogP contribution is 2.29. The van der Waals surface area contributed by atoms with Gasteiger partial charge in [-0.25, -0.2) is 0 Å². The van der Waals surface area contributed by atoms with Crippen LogP contribution in [0.25, 0.3) is 0 Å². The zero-order valence-electron chi connectivity index (χ0n) is 12.2. The molecule has 1 amide bonds. The number of hydrogen-bond donors (Lipinski definition) is 1. The monoisotopic (exact) mass is 357 g/mol. The Bertz CT molecular complexity index is 698. The third-order valence-electron chi connectivity index (χ3n) is 2.84. The van der Waals surface area contributed by atoms with E-state index in [0.29, 0.717) is 11.3 Å². The summed E-state index contributed by atoms with van der Waals surface area (Å²) >= 11 is 7.43. The molecule has 7 heteroatoms. The second kappa shape index (κ2) is 8.17. The summed E-state index contributed by atoms with van der Waals surface area (Å²) in [6.07, 6.45) is 0. The first-order chi connectivity index (χ1) is 11.0. The van der Waals surface area contributed by atoms with Gasteiger partial charge in [0.15, 0.2) is 0 Å². The van der Waals surface area contributed by atoms with E-state index in [-0.39, 0.29) is 16.7 Å². The van der Waals surface area contributed by atoms with Gasteiger partial charge in [-0.15, -0.1) is 11.8 Å². The molecule has 0 atom stereocenters. The molecule has 2 rings (SSSR count). The molecule has 3 nitrogen and oxygen atoms in total. The summed E-state index contributed by atoms with van der Waals surface area (Å²) in [4.78, 5) is 13.2. The van der Waals surface area contributed by atoms with Crippen molar-refractivity contribution in [2.75, 3.05) is 11.1 Å². The highest BCUT2D eigenvalue weighted by Gasteiger charge is 2.13. The van der Waals surface area contributed by atoms with Crippen molar-refractivity contribution in [1.82, 2.24) is 0 Å². The summed E-state index contributed by atoms with van der Waals surface area (Å²) in [7, 11) is 0. The second-order valence-electron chi connectivity index (χ2n) is 4.41. The fraction of sp³-hybridized carbons (Fsp3) is 0.188. The lowest BCUT2D eigenvalue weighted by Crippen LogP contribution is -2.13. The SMILES string of the molecule is CCSc1ccccc1C(=O)Nc1ccc(OC(F)F)c(Cl)c1. The van der Waals surface area contributed by atoms with Gasteiger partial charge in [-0.3, -0.25) is 4.79 Å². The third kappa shape index (κ3) is 4.84. The molecule has 0 aliphatic carbocycles. The van der Waals surface area contributed by atoms with Crippen LogP contribution < -0.4 is 10.1 Å². The smallest absolute Gasteiger partial charge is 0.387 e. The van der Waals surface area contributed by atoms with E-state index in [4.69, 9.17) is 11.6 Å². The van der Waals surface area contributed by atoms with Gasteiger partial charge in [-0.1, -0.05) is 30.7 Å². The predicted octanol–water partition coefficient (Wildman–Crippen LogP) is 5.31. The van der Waals surface area contributed by atoms with Gasteiger partial charge in [0, 0.05) is 10.6 Å². The largest absolute Gasteiger partial charge is 0.433 e. The number of hydrogen-bond acceptors (Lipinski definition) is 3. The quantitative estimate of drug-likeness (QED) is 0.712. The summed E-state index contributed by atoms with van der Waals surface area (Å²) in [5, 5.41) is 2.70. The molecular weight excluding hydrogens is 344 g/mol. The molecule has 0 aliphatic rings. The highest BCUT2D eigenvalue weighted by atomic mass is 35.5. The number of rotatable bonds is 6. The fourth-order valence-electron chi connectivity index (χ4n) is 1.90. The molecule has 0 saturated heterocycles. The summed E-state index contributed by atoms with van der Waals surface area (Å²) in [6.45, 7) is -0.952. The van der Waals surface area contributed by atoms with Crippen molar-refractivity contribution < 1.29 is 18.3 Å². The maximum Gasteiger partial charge on any atom is 0.387 e. The minimum absolute atomic E-state index is 0.000631. The van der Waals surface area contributed by atoms with Crippen molar-refractivity contribution in [3.05, 3.63) is 53.1 Å². The first kappa shape index (κ1) is 17.6. The van der Waals surface area contributed by atoms with E-state index < -0.39 is 6.61 Å². The number of amides is 1. The van der Waals surface area contributed by atoms with Crippen molar-refractivity contribution >= 4 is 35.0 Å². The van der Waals surface area contributed by atoms with Gasteiger partial charge in [0.2, 0.25) is 0 Å². The van der Waals surface area contributed by atoms with E-state index in [2.05, 4.69) is 10.1 Å². The van der Waals surface area contributed by atoms with Crippen molar-refractivity contribution in [3.63, 3.8) is 0 Å². The summed E-state index contributed by atoms with van der Waals surface area (Å²) in [6, 6.07) is 11.3. The number of anilines is 1. The van der Waals surface area contributed by atoms with Crippen molar-refractivity contribution in [1.29, 1.82) is 0 Å². The van der Waals surface area contributed by atoms with Crippen molar-refractivity contribution in [2.45, 2.75) is 18.4 Å². The standard InChI is InChI=1S/C16H14ClF2NO2S/c1-2-23-14-6-4-3-5-11(14)15(21)20-10-7-8-13(12(17)9-10)22-16(18)19/h3-9,16H,2H2,1H3,(H,20,21). The van der Waals surface area contributed by atoms with Gasteiger partial charge in [-0.05, 0) is 36.1 Å². The molecule has 0 aliphatic heterocycles. The highest BCUT2D eigenvalue weighted by molar-refractivity contribution is 7.99. The topological polar surface area (TPSA) is 38.3 Å². The maximum absolute atomic E-state index is 12.4. The molecule has 23 heavy (non-hydrogen) atoms. The summed E-state index contributed by atoms with van der Waals surface area (Å²) in [5.74, 6) is 0.414. The molecule has 0 bridgehead atoms. The zero-order valence-corrected chi connectivity index (χ0v) is 13.8. The van der Waals surface area contributed by atoms with E-state index >= 15 is 0 Å². The Morgan fingerprint density at radius 2 is 2.04 bits per heavy atom. The number of ether oxygens (including phenoxy) is 1. The lowest BCUT2D eigenvalue weighted by Gasteiger charge is -2.11. The zero-order chi connectivity index (χ0) is 16.8. The molecule has 0 saturated carbocycles. The third-order valence-corrected chi connectivity index (χ3v) is 4.09. The number of carbonyl (C=O) groups excluding carboxylic acids is 1. The molecule has 0 radical (unpaired) electrons. The Kier molecular flexibility index (Phi) is 6.24. The first-order valence-electron chi connectivity index (χ1n) is 6.78. The van der Waals surface area contributed by atoms with E-state index in [1.165, 1.54) is 18.2 Å². The minimum Gasteiger partial charge on any atom is -0.433 e. The molecule has 2 aromatic carbocycles. The molecule has 122 valence electrons. The minimum atomic E-state index is -2.95. The molecule has 0 spiro atoms. The van der Waals surface area contributed by atoms with Gasteiger partial charge in [0.25, 0.3) is 5.91 Å². The van der Waals surface area contributed by atoms with Gasteiger partial charge in [0.05, 0.1) is 10.6 Å². The Morgan fingerprint density at radius 3 is 2.70 bits per heavy atom. The normalized spacial score (nSPS) is 10.7. The van der Waals surface area contributed by atoms with E-state index in [9.17, 15) is 13.6 Å².